The first-order chi connectivity index (χ1) is 9.24. The average Bonchev–Trinajstić information content (AvgIpc) is 2.45. The fourth-order valence-corrected chi connectivity index (χ4v) is 2.31. The maximum Gasteiger partial charge on any atom is 0.118 e. The van der Waals surface area contributed by atoms with Crippen LogP contribution in [0.3, 0.4) is 0 Å². The smallest absolute Gasteiger partial charge is 0.118 e. The maximum absolute atomic E-state index is 6.08. The Morgan fingerprint density at radius 1 is 1.11 bits per heavy atom. The van der Waals surface area contributed by atoms with E-state index in [1.54, 1.807) is 7.11 Å². The molecule has 0 radical (unpaired) electrons. The van der Waals surface area contributed by atoms with Crippen LogP contribution in [0.15, 0.2) is 48.5 Å². The van der Waals surface area contributed by atoms with E-state index in [0.717, 1.165) is 17.3 Å². The Morgan fingerprint density at radius 3 is 2.42 bits per heavy atom. The molecule has 0 saturated heterocycles. The van der Waals surface area contributed by atoms with E-state index in [1.165, 1.54) is 11.1 Å². The molecule has 1 N–H and O–H groups in total. The summed E-state index contributed by atoms with van der Waals surface area (Å²) >= 11 is 6.08. The molecule has 0 aliphatic heterocycles. The van der Waals surface area contributed by atoms with Gasteiger partial charge in [-0.3, -0.25) is 0 Å². The van der Waals surface area contributed by atoms with Crippen LogP contribution in [0.2, 0.25) is 5.02 Å². The number of ether oxygens (including phenoxy) is 1. The van der Waals surface area contributed by atoms with E-state index in [0.29, 0.717) is 0 Å². The zero-order chi connectivity index (χ0) is 13.7. The van der Waals surface area contributed by atoms with Crippen LogP contribution in [0.1, 0.15) is 24.1 Å². The van der Waals surface area contributed by atoms with Gasteiger partial charge in [0, 0.05) is 5.02 Å². The monoisotopic (exact) mass is 275 g/mol. The number of hydrogen-bond donors (Lipinski definition) is 1. The minimum absolute atomic E-state index is 0.148. The topological polar surface area (TPSA) is 21.3 Å². The quantitative estimate of drug-likeness (QED) is 0.889. The highest BCUT2D eigenvalue weighted by Gasteiger charge is 2.13. The van der Waals surface area contributed by atoms with Gasteiger partial charge in [-0.15, -0.1) is 0 Å². The molecule has 2 nitrogen and oxygen atoms in total. The van der Waals surface area contributed by atoms with E-state index in [-0.39, 0.29) is 6.04 Å². The minimum atomic E-state index is 0.148. The predicted molar refractivity (Wildman–Crippen MR) is 80.0 cm³/mol. The molecule has 1 unspecified atom stereocenters. The van der Waals surface area contributed by atoms with Gasteiger partial charge in [-0.2, -0.15) is 0 Å². The highest BCUT2D eigenvalue weighted by Crippen LogP contribution is 2.25. The lowest BCUT2D eigenvalue weighted by Crippen LogP contribution is -2.21. The normalized spacial score (nSPS) is 12.2. The lowest BCUT2D eigenvalue weighted by atomic mass is 9.98. The third-order valence-electron chi connectivity index (χ3n) is 3.04. The van der Waals surface area contributed by atoms with E-state index in [2.05, 4.69) is 30.4 Å². The van der Waals surface area contributed by atoms with E-state index in [4.69, 9.17) is 16.3 Å². The first kappa shape index (κ1) is 13.9. The van der Waals surface area contributed by atoms with Gasteiger partial charge < -0.3 is 10.1 Å². The van der Waals surface area contributed by atoms with Gasteiger partial charge in [0.2, 0.25) is 0 Å². The summed E-state index contributed by atoms with van der Waals surface area (Å²) in [5, 5.41) is 4.24. The average molecular weight is 276 g/mol. The van der Waals surface area contributed by atoms with Crippen LogP contribution >= 0.6 is 11.6 Å². The van der Waals surface area contributed by atoms with E-state index >= 15 is 0 Å². The molecule has 0 aromatic heterocycles. The second kappa shape index (κ2) is 6.60. The molecule has 2 aromatic rings. The molecule has 19 heavy (non-hydrogen) atoms. The van der Waals surface area contributed by atoms with Gasteiger partial charge in [0.05, 0.1) is 13.2 Å². The van der Waals surface area contributed by atoms with Crippen molar-refractivity contribution >= 4 is 11.6 Å². The van der Waals surface area contributed by atoms with E-state index in [9.17, 15) is 0 Å². The molecular formula is C16H18ClNO. The minimum Gasteiger partial charge on any atom is -0.497 e. The Hall–Kier alpha value is -1.51. The van der Waals surface area contributed by atoms with Gasteiger partial charge >= 0.3 is 0 Å². The molecule has 1 atom stereocenters. The molecule has 0 fully saturated rings. The highest BCUT2D eigenvalue weighted by atomic mass is 35.5. The SMILES string of the molecule is CCNC(c1ccc(OC)cc1)c1cccc(Cl)c1. The van der Waals surface area contributed by atoms with Crippen molar-refractivity contribution < 1.29 is 4.74 Å². The number of benzene rings is 2. The summed E-state index contributed by atoms with van der Waals surface area (Å²) in [5.41, 5.74) is 2.37. The number of nitrogens with one attached hydrogen (secondary N) is 1. The predicted octanol–water partition coefficient (Wildman–Crippen LogP) is 4.05. The van der Waals surface area contributed by atoms with Crippen LogP contribution in [-0.4, -0.2) is 13.7 Å². The molecule has 0 saturated carbocycles. The van der Waals surface area contributed by atoms with Crippen LogP contribution in [0.4, 0.5) is 0 Å². The fourth-order valence-electron chi connectivity index (χ4n) is 2.11. The maximum atomic E-state index is 6.08. The zero-order valence-corrected chi connectivity index (χ0v) is 11.9. The summed E-state index contributed by atoms with van der Waals surface area (Å²) in [6.07, 6.45) is 0. The van der Waals surface area contributed by atoms with E-state index < -0.39 is 0 Å². The van der Waals surface area contributed by atoms with Crippen molar-refractivity contribution in [1.29, 1.82) is 0 Å². The first-order valence-electron chi connectivity index (χ1n) is 6.37. The molecule has 0 amide bonds. The highest BCUT2D eigenvalue weighted by molar-refractivity contribution is 6.30. The zero-order valence-electron chi connectivity index (χ0n) is 11.2. The summed E-state index contributed by atoms with van der Waals surface area (Å²) in [5.74, 6) is 0.866. The summed E-state index contributed by atoms with van der Waals surface area (Å²) in [6.45, 7) is 2.99. The third kappa shape index (κ3) is 3.49. The van der Waals surface area contributed by atoms with Crippen LogP contribution in [0, 0.1) is 0 Å². The Kier molecular flexibility index (Phi) is 4.83. The molecule has 100 valence electrons. The van der Waals surface area contributed by atoms with Crippen molar-refractivity contribution in [1.82, 2.24) is 5.32 Å². The number of hydrogen-bond acceptors (Lipinski definition) is 2. The van der Waals surface area contributed by atoms with Gasteiger partial charge in [0.25, 0.3) is 0 Å². The second-order valence-corrected chi connectivity index (χ2v) is 4.76. The number of halogens is 1. The van der Waals surface area contributed by atoms with Crippen molar-refractivity contribution in [3.05, 3.63) is 64.7 Å². The Balaban J connectivity index is 2.33. The Morgan fingerprint density at radius 2 is 1.84 bits per heavy atom. The number of rotatable bonds is 5. The van der Waals surface area contributed by atoms with Crippen molar-refractivity contribution in [3.63, 3.8) is 0 Å². The Bertz CT molecular complexity index is 525. The summed E-state index contributed by atoms with van der Waals surface area (Å²) in [4.78, 5) is 0. The standard InChI is InChI=1S/C16H18ClNO/c1-3-18-16(13-5-4-6-14(17)11-13)12-7-9-15(19-2)10-8-12/h4-11,16,18H,3H2,1-2H3. The van der Waals surface area contributed by atoms with Crippen molar-refractivity contribution in [2.75, 3.05) is 13.7 Å². The molecule has 2 rings (SSSR count). The molecule has 2 aromatic carbocycles. The second-order valence-electron chi connectivity index (χ2n) is 4.32. The van der Waals surface area contributed by atoms with Gasteiger partial charge in [-0.25, -0.2) is 0 Å². The summed E-state index contributed by atoms with van der Waals surface area (Å²) < 4.78 is 5.19. The lowest BCUT2D eigenvalue weighted by Gasteiger charge is -2.19. The molecule has 0 bridgehead atoms. The molecular weight excluding hydrogens is 258 g/mol. The molecule has 0 spiro atoms. The van der Waals surface area contributed by atoms with Gasteiger partial charge in [-0.1, -0.05) is 42.8 Å². The fraction of sp³-hybridized carbons (Fsp3) is 0.250. The first-order valence-corrected chi connectivity index (χ1v) is 6.75. The summed E-state index contributed by atoms with van der Waals surface area (Å²) in [6, 6.07) is 16.2. The summed E-state index contributed by atoms with van der Waals surface area (Å²) in [7, 11) is 1.67. The van der Waals surface area contributed by atoms with Crippen LogP contribution in [0.5, 0.6) is 5.75 Å². The molecule has 0 aliphatic carbocycles. The molecule has 0 aliphatic rings. The Labute approximate surface area is 119 Å². The third-order valence-corrected chi connectivity index (χ3v) is 3.27. The van der Waals surface area contributed by atoms with Crippen molar-refractivity contribution in [3.8, 4) is 5.75 Å². The van der Waals surface area contributed by atoms with Gasteiger partial charge in [0.1, 0.15) is 5.75 Å². The largest absolute Gasteiger partial charge is 0.497 e. The van der Waals surface area contributed by atoms with Crippen LogP contribution in [-0.2, 0) is 0 Å². The molecule has 3 heteroatoms. The van der Waals surface area contributed by atoms with Crippen molar-refractivity contribution in [2.24, 2.45) is 0 Å². The lowest BCUT2D eigenvalue weighted by molar-refractivity contribution is 0.414. The number of methoxy groups -OCH3 is 1. The van der Waals surface area contributed by atoms with Crippen LogP contribution < -0.4 is 10.1 Å². The van der Waals surface area contributed by atoms with Gasteiger partial charge in [0.15, 0.2) is 0 Å². The van der Waals surface area contributed by atoms with E-state index in [1.807, 2.05) is 30.3 Å². The van der Waals surface area contributed by atoms with Gasteiger partial charge in [-0.05, 0) is 41.9 Å². The van der Waals surface area contributed by atoms with Crippen molar-refractivity contribution in [2.45, 2.75) is 13.0 Å². The molecule has 0 heterocycles. The van der Waals surface area contributed by atoms with Crippen LogP contribution in [0.25, 0.3) is 0 Å².